The predicted octanol–water partition coefficient (Wildman–Crippen LogP) is 5.12. The lowest BCUT2D eigenvalue weighted by atomic mass is 10.0. The lowest BCUT2D eigenvalue weighted by Gasteiger charge is -2.37. The second-order valence-electron chi connectivity index (χ2n) is 8.46. The first-order valence-corrected chi connectivity index (χ1v) is 12.5. The molecule has 3 aromatic rings. The van der Waals surface area contributed by atoms with Crippen molar-refractivity contribution in [2.45, 2.75) is 38.9 Å². The van der Waals surface area contributed by atoms with Crippen molar-refractivity contribution < 1.29 is 18.7 Å². The minimum Gasteiger partial charge on any atom is -0.491 e. The second-order valence-corrected chi connectivity index (χ2v) is 9.89. The Morgan fingerprint density at radius 2 is 2.06 bits per heavy atom. The normalized spacial score (nSPS) is 15.2. The number of benzene rings is 1. The van der Waals surface area contributed by atoms with Gasteiger partial charge in [-0.05, 0) is 73.7 Å². The molecule has 34 heavy (non-hydrogen) atoms. The molecule has 0 saturated carbocycles. The van der Waals surface area contributed by atoms with Gasteiger partial charge in [-0.25, -0.2) is 4.79 Å². The molecule has 2 aromatic heterocycles. The molecule has 3 heterocycles. The number of ether oxygens (including phenoxy) is 1. The van der Waals surface area contributed by atoms with E-state index in [0.717, 1.165) is 12.0 Å². The van der Waals surface area contributed by atoms with Gasteiger partial charge in [-0.1, -0.05) is 11.6 Å². The summed E-state index contributed by atoms with van der Waals surface area (Å²) in [7, 11) is 0. The molecule has 7 nitrogen and oxygen atoms in total. The van der Waals surface area contributed by atoms with Crippen LogP contribution in [0.1, 0.15) is 36.1 Å². The van der Waals surface area contributed by atoms with Crippen molar-refractivity contribution in [2.75, 3.05) is 19.7 Å². The SMILES string of the molecule is CC(C)NC(=O)N(CC(=O)N1CCc2sccc2C1COc1ccc(Cl)cc1)Cc1ccco1. The van der Waals surface area contributed by atoms with Crippen LogP contribution in [-0.4, -0.2) is 47.5 Å². The van der Waals surface area contributed by atoms with Crippen molar-refractivity contribution in [2.24, 2.45) is 0 Å². The molecular weight excluding hydrogens is 474 g/mol. The molecule has 1 N–H and O–H groups in total. The van der Waals surface area contributed by atoms with Gasteiger partial charge in [0.05, 0.1) is 18.8 Å². The van der Waals surface area contributed by atoms with Crippen molar-refractivity contribution in [1.82, 2.24) is 15.1 Å². The largest absolute Gasteiger partial charge is 0.491 e. The summed E-state index contributed by atoms with van der Waals surface area (Å²) in [4.78, 5) is 30.9. The van der Waals surface area contributed by atoms with Crippen LogP contribution in [-0.2, 0) is 17.8 Å². The molecule has 0 bridgehead atoms. The predicted molar refractivity (Wildman–Crippen MR) is 132 cm³/mol. The van der Waals surface area contributed by atoms with Gasteiger partial charge in [-0.3, -0.25) is 4.79 Å². The third-order valence-electron chi connectivity index (χ3n) is 5.59. The molecular formula is C25H28ClN3O4S. The molecule has 9 heteroatoms. The van der Waals surface area contributed by atoms with Crippen LogP contribution in [0.5, 0.6) is 5.75 Å². The fraction of sp³-hybridized carbons (Fsp3) is 0.360. The number of nitrogens with zero attached hydrogens (tertiary/aromatic N) is 2. The zero-order valence-electron chi connectivity index (χ0n) is 19.2. The number of hydrogen-bond donors (Lipinski definition) is 1. The number of amides is 3. The number of thiophene rings is 1. The molecule has 0 saturated heterocycles. The Balaban J connectivity index is 1.51. The van der Waals surface area contributed by atoms with Crippen molar-refractivity contribution in [1.29, 1.82) is 0 Å². The Morgan fingerprint density at radius 3 is 2.76 bits per heavy atom. The first-order valence-electron chi connectivity index (χ1n) is 11.2. The van der Waals surface area contributed by atoms with Crippen LogP contribution in [0.25, 0.3) is 0 Å². The monoisotopic (exact) mass is 501 g/mol. The molecule has 0 aliphatic carbocycles. The smallest absolute Gasteiger partial charge is 0.318 e. The Bertz CT molecular complexity index is 1100. The van der Waals surface area contributed by atoms with Gasteiger partial charge >= 0.3 is 6.03 Å². The highest BCUT2D eigenvalue weighted by Gasteiger charge is 2.33. The Kier molecular flexibility index (Phi) is 7.80. The number of urea groups is 1. The first kappa shape index (κ1) is 24.2. The van der Waals surface area contributed by atoms with Crippen LogP contribution in [0.15, 0.2) is 58.5 Å². The van der Waals surface area contributed by atoms with E-state index in [1.54, 1.807) is 41.9 Å². The Labute approximate surface area is 208 Å². The molecule has 4 rings (SSSR count). The zero-order chi connectivity index (χ0) is 24.1. The van der Waals surface area contributed by atoms with Crippen LogP contribution in [0.3, 0.4) is 0 Å². The van der Waals surface area contributed by atoms with E-state index in [-0.39, 0.29) is 37.1 Å². The molecule has 0 fully saturated rings. The lowest BCUT2D eigenvalue weighted by Crippen LogP contribution is -2.50. The van der Waals surface area contributed by atoms with E-state index in [2.05, 4.69) is 11.4 Å². The molecule has 0 radical (unpaired) electrons. The molecule has 1 unspecified atom stereocenters. The van der Waals surface area contributed by atoms with Crippen molar-refractivity contribution >= 4 is 34.9 Å². The van der Waals surface area contributed by atoms with E-state index in [4.69, 9.17) is 20.8 Å². The molecule has 1 atom stereocenters. The maximum atomic E-state index is 13.5. The average Bonchev–Trinajstić information content (AvgIpc) is 3.49. The fourth-order valence-corrected chi connectivity index (χ4v) is 5.02. The van der Waals surface area contributed by atoms with Crippen LogP contribution >= 0.6 is 22.9 Å². The molecule has 0 spiro atoms. The summed E-state index contributed by atoms with van der Waals surface area (Å²) in [5.41, 5.74) is 1.10. The summed E-state index contributed by atoms with van der Waals surface area (Å²) >= 11 is 7.68. The number of carbonyl (C=O) groups excluding carboxylic acids is 2. The van der Waals surface area contributed by atoms with Gasteiger partial charge in [0.25, 0.3) is 0 Å². The highest BCUT2D eigenvalue weighted by Crippen LogP contribution is 2.34. The second kappa shape index (κ2) is 11.0. The van der Waals surface area contributed by atoms with E-state index in [1.165, 1.54) is 9.78 Å². The summed E-state index contributed by atoms with van der Waals surface area (Å²) in [5, 5.41) is 5.56. The zero-order valence-corrected chi connectivity index (χ0v) is 20.8. The number of hydrogen-bond acceptors (Lipinski definition) is 5. The van der Waals surface area contributed by atoms with Crippen LogP contribution in [0.2, 0.25) is 5.02 Å². The fourth-order valence-electron chi connectivity index (χ4n) is 3.96. The third-order valence-corrected chi connectivity index (χ3v) is 6.84. The van der Waals surface area contributed by atoms with Gasteiger partial charge in [-0.15, -0.1) is 11.3 Å². The van der Waals surface area contributed by atoms with Crippen molar-refractivity contribution in [3.8, 4) is 5.75 Å². The van der Waals surface area contributed by atoms with Gasteiger partial charge in [-0.2, -0.15) is 0 Å². The topological polar surface area (TPSA) is 75.0 Å². The van der Waals surface area contributed by atoms with Gasteiger partial charge in [0.2, 0.25) is 5.91 Å². The summed E-state index contributed by atoms with van der Waals surface area (Å²) in [5.74, 6) is 1.18. The van der Waals surface area contributed by atoms with E-state index >= 15 is 0 Å². The van der Waals surface area contributed by atoms with E-state index in [0.29, 0.717) is 29.7 Å². The quantitative estimate of drug-likeness (QED) is 0.465. The average molecular weight is 502 g/mol. The number of fused-ring (bicyclic) bond motifs is 1. The maximum absolute atomic E-state index is 13.5. The number of carbonyl (C=O) groups is 2. The lowest BCUT2D eigenvalue weighted by molar-refractivity contribution is -0.135. The van der Waals surface area contributed by atoms with Crippen LogP contribution in [0.4, 0.5) is 4.79 Å². The highest BCUT2D eigenvalue weighted by atomic mass is 35.5. The number of nitrogens with one attached hydrogen (secondary N) is 1. The standard InChI is InChI=1S/C25H28ClN3O4S/c1-17(2)27-25(31)28(14-20-4-3-12-32-20)15-24(30)29-11-9-23-21(10-13-34-23)22(29)16-33-19-7-5-18(26)6-8-19/h3-8,10,12-13,17,22H,9,11,14-16H2,1-2H3,(H,27,31). The summed E-state index contributed by atoms with van der Waals surface area (Å²) in [6.45, 7) is 4.81. The number of furan rings is 1. The number of rotatable bonds is 8. The van der Waals surface area contributed by atoms with E-state index < -0.39 is 0 Å². The summed E-state index contributed by atoms with van der Waals surface area (Å²) in [6.07, 6.45) is 2.34. The van der Waals surface area contributed by atoms with Gasteiger partial charge in [0, 0.05) is 22.5 Å². The van der Waals surface area contributed by atoms with Crippen molar-refractivity contribution in [3.05, 3.63) is 75.3 Å². The van der Waals surface area contributed by atoms with Gasteiger partial charge in [0.1, 0.15) is 24.7 Å². The van der Waals surface area contributed by atoms with Crippen LogP contribution in [0, 0.1) is 0 Å². The first-order chi connectivity index (χ1) is 16.4. The molecule has 1 aliphatic heterocycles. The molecule has 3 amide bonds. The maximum Gasteiger partial charge on any atom is 0.318 e. The number of halogens is 1. The highest BCUT2D eigenvalue weighted by molar-refractivity contribution is 7.10. The Morgan fingerprint density at radius 1 is 1.26 bits per heavy atom. The minimum atomic E-state index is -0.304. The Hall–Kier alpha value is -2.97. The van der Waals surface area contributed by atoms with Gasteiger partial charge < -0.3 is 24.3 Å². The summed E-state index contributed by atoms with van der Waals surface area (Å²) < 4.78 is 11.5. The third kappa shape index (κ3) is 5.93. The van der Waals surface area contributed by atoms with E-state index in [9.17, 15) is 9.59 Å². The van der Waals surface area contributed by atoms with E-state index in [1.807, 2.05) is 36.3 Å². The molecule has 180 valence electrons. The van der Waals surface area contributed by atoms with Gasteiger partial charge in [0.15, 0.2) is 0 Å². The molecule has 1 aromatic carbocycles. The molecule has 1 aliphatic rings. The van der Waals surface area contributed by atoms with Crippen molar-refractivity contribution in [3.63, 3.8) is 0 Å². The van der Waals surface area contributed by atoms with Crippen LogP contribution < -0.4 is 10.1 Å². The summed E-state index contributed by atoms with van der Waals surface area (Å²) in [6, 6.07) is 12.2. The minimum absolute atomic E-state index is 0.0504.